The highest BCUT2D eigenvalue weighted by Gasteiger charge is 2.38. The maximum absolute atomic E-state index is 12.6. The molecular weight excluding hydrogens is 249 g/mol. The van der Waals surface area contributed by atoms with Crippen LogP contribution in [0.4, 0.5) is 18.9 Å². The Morgan fingerprint density at radius 1 is 1.44 bits per heavy atom. The third-order valence-electron chi connectivity index (χ3n) is 2.41. The third kappa shape index (κ3) is 3.28. The van der Waals surface area contributed by atoms with Crippen molar-refractivity contribution in [2.45, 2.75) is 25.9 Å². The van der Waals surface area contributed by atoms with Gasteiger partial charge in [0.2, 0.25) is 0 Å². The smallest absolute Gasteiger partial charge is 0.309 e. The van der Waals surface area contributed by atoms with E-state index < -0.39 is 22.4 Å². The second-order valence-electron chi connectivity index (χ2n) is 3.74. The zero-order chi connectivity index (χ0) is 13.9. The second-order valence-corrected chi connectivity index (χ2v) is 3.74. The minimum absolute atomic E-state index is 0.0670. The second kappa shape index (κ2) is 5.16. The molecule has 0 radical (unpaired) electrons. The standard InChI is InChI=1S/C11H11F3N2O2/c1-2-8(15)5-7-3-4-10(16(17)18)9(6-7)11(12,13)14/h3-4,6,15H,2,5H2,1H3. The van der Waals surface area contributed by atoms with Crippen LogP contribution in [0.1, 0.15) is 24.5 Å². The molecule has 0 amide bonds. The highest BCUT2D eigenvalue weighted by atomic mass is 19.4. The molecule has 0 aromatic heterocycles. The van der Waals surface area contributed by atoms with Crippen molar-refractivity contribution in [3.8, 4) is 0 Å². The van der Waals surface area contributed by atoms with E-state index in [1.807, 2.05) is 0 Å². The molecule has 0 bridgehead atoms. The predicted octanol–water partition coefficient (Wildman–Crippen LogP) is 3.59. The summed E-state index contributed by atoms with van der Waals surface area (Å²) < 4.78 is 37.9. The van der Waals surface area contributed by atoms with Gasteiger partial charge in [-0.1, -0.05) is 13.0 Å². The lowest BCUT2D eigenvalue weighted by molar-refractivity contribution is -0.388. The summed E-state index contributed by atoms with van der Waals surface area (Å²) in [5.41, 5.74) is -1.71. The molecule has 0 unspecified atom stereocenters. The molecule has 0 saturated carbocycles. The first-order chi connectivity index (χ1) is 8.25. The zero-order valence-electron chi connectivity index (χ0n) is 9.54. The third-order valence-corrected chi connectivity index (χ3v) is 2.41. The molecule has 0 heterocycles. The van der Waals surface area contributed by atoms with Crippen LogP contribution in [0.2, 0.25) is 0 Å². The number of hydrogen-bond acceptors (Lipinski definition) is 3. The molecule has 1 N–H and O–H groups in total. The Balaban J connectivity index is 3.22. The van der Waals surface area contributed by atoms with E-state index >= 15 is 0 Å². The molecule has 1 aromatic rings. The van der Waals surface area contributed by atoms with Crippen molar-refractivity contribution in [2.24, 2.45) is 0 Å². The summed E-state index contributed by atoms with van der Waals surface area (Å²) in [5.74, 6) is 0. The van der Waals surface area contributed by atoms with Crippen LogP contribution in [0, 0.1) is 15.5 Å². The van der Waals surface area contributed by atoms with Gasteiger partial charge in [0.25, 0.3) is 5.69 Å². The molecule has 0 atom stereocenters. The van der Waals surface area contributed by atoms with Crippen LogP contribution in [0.5, 0.6) is 0 Å². The van der Waals surface area contributed by atoms with Gasteiger partial charge in [-0.25, -0.2) is 0 Å². The minimum Gasteiger partial charge on any atom is -0.309 e. The van der Waals surface area contributed by atoms with Gasteiger partial charge >= 0.3 is 6.18 Å². The van der Waals surface area contributed by atoms with E-state index in [4.69, 9.17) is 5.41 Å². The van der Waals surface area contributed by atoms with E-state index in [2.05, 4.69) is 0 Å². The predicted molar refractivity (Wildman–Crippen MR) is 59.8 cm³/mol. The number of halogens is 3. The molecular formula is C11H11F3N2O2. The van der Waals surface area contributed by atoms with Gasteiger partial charge in [-0.2, -0.15) is 13.2 Å². The monoisotopic (exact) mass is 260 g/mol. The quantitative estimate of drug-likeness (QED) is 0.510. The Labute approximate surface area is 101 Å². The average Bonchev–Trinajstić information content (AvgIpc) is 2.27. The van der Waals surface area contributed by atoms with E-state index in [0.717, 1.165) is 12.1 Å². The molecule has 1 aromatic carbocycles. The van der Waals surface area contributed by atoms with E-state index in [9.17, 15) is 23.3 Å². The Morgan fingerprint density at radius 3 is 2.50 bits per heavy atom. The molecule has 0 fully saturated rings. The molecule has 4 nitrogen and oxygen atoms in total. The highest BCUT2D eigenvalue weighted by molar-refractivity contribution is 5.83. The topological polar surface area (TPSA) is 67.0 Å². The first kappa shape index (κ1) is 14.1. The lowest BCUT2D eigenvalue weighted by Crippen LogP contribution is -2.10. The van der Waals surface area contributed by atoms with Crippen LogP contribution in [0.3, 0.4) is 0 Å². The Kier molecular flexibility index (Phi) is 4.05. The maximum Gasteiger partial charge on any atom is 0.423 e. The Hall–Kier alpha value is -1.92. The Morgan fingerprint density at radius 2 is 2.06 bits per heavy atom. The normalized spacial score (nSPS) is 11.3. The minimum atomic E-state index is -4.77. The molecule has 18 heavy (non-hydrogen) atoms. The summed E-state index contributed by atoms with van der Waals surface area (Å²) in [7, 11) is 0. The molecule has 0 aliphatic heterocycles. The lowest BCUT2D eigenvalue weighted by Gasteiger charge is -2.09. The summed E-state index contributed by atoms with van der Waals surface area (Å²) in [4.78, 5) is 9.46. The van der Waals surface area contributed by atoms with Crippen LogP contribution in [-0.4, -0.2) is 10.6 Å². The number of benzene rings is 1. The molecule has 0 aliphatic carbocycles. The van der Waals surface area contributed by atoms with Crippen molar-refractivity contribution < 1.29 is 18.1 Å². The largest absolute Gasteiger partial charge is 0.423 e. The van der Waals surface area contributed by atoms with Crippen molar-refractivity contribution in [2.75, 3.05) is 0 Å². The highest BCUT2D eigenvalue weighted by Crippen LogP contribution is 2.36. The molecule has 0 saturated heterocycles. The number of nitrogens with one attached hydrogen (secondary N) is 1. The van der Waals surface area contributed by atoms with Crippen molar-refractivity contribution in [3.05, 3.63) is 39.4 Å². The number of nitro groups is 1. The van der Waals surface area contributed by atoms with Gasteiger partial charge in [0, 0.05) is 18.2 Å². The molecule has 98 valence electrons. The van der Waals surface area contributed by atoms with Gasteiger partial charge in [-0.05, 0) is 18.1 Å². The number of alkyl halides is 3. The fraction of sp³-hybridized carbons (Fsp3) is 0.364. The fourth-order valence-corrected chi connectivity index (χ4v) is 1.45. The summed E-state index contributed by atoms with van der Waals surface area (Å²) in [6, 6.07) is 2.82. The summed E-state index contributed by atoms with van der Waals surface area (Å²) in [5, 5.41) is 17.9. The van der Waals surface area contributed by atoms with Crippen LogP contribution in [-0.2, 0) is 12.6 Å². The fourth-order valence-electron chi connectivity index (χ4n) is 1.45. The van der Waals surface area contributed by atoms with E-state index in [0.29, 0.717) is 6.42 Å². The SMILES string of the molecule is CCC(=N)Cc1ccc([N+](=O)[O-])c(C(F)(F)F)c1. The summed E-state index contributed by atoms with van der Waals surface area (Å²) in [6.45, 7) is 1.72. The first-order valence-corrected chi connectivity index (χ1v) is 5.16. The van der Waals surface area contributed by atoms with Crippen LogP contribution in [0.15, 0.2) is 18.2 Å². The van der Waals surface area contributed by atoms with Crippen molar-refractivity contribution in [1.29, 1.82) is 5.41 Å². The molecule has 1 rings (SSSR count). The number of nitrogens with zero attached hydrogens (tertiary/aromatic N) is 1. The zero-order valence-corrected chi connectivity index (χ0v) is 9.54. The first-order valence-electron chi connectivity index (χ1n) is 5.16. The molecule has 0 aliphatic rings. The Bertz CT molecular complexity index is 484. The van der Waals surface area contributed by atoms with Crippen LogP contribution >= 0.6 is 0 Å². The lowest BCUT2D eigenvalue weighted by atomic mass is 10.0. The number of rotatable bonds is 4. The molecule has 7 heteroatoms. The van der Waals surface area contributed by atoms with Gasteiger partial charge < -0.3 is 5.41 Å². The van der Waals surface area contributed by atoms with Gasteiger partial charge in [-0.15, -0.1) is 0 Å². The van der Waals surface area contributed by atoms with E-state index in [1.54, 1.807) is 6.92 Å². The average molecular weight is 260 g/mol. The van der Waals surface area contributed by atoms with Gasteiger partial charge in [-0.3, -0.25) is 10.1 Å². The van der Waals surface area contributed by atoms with Gasteiger partial charge in [0.1, 0.15) is 5.56 Å². The van der Waals surface area contributed by atoms with Gasteiger partial charge in [0.05, 0.1) is 4.92 Å². The summed E-state index contributed by atoms with van der Waals surface area (Å²) >= 11 is 0. The van der Waals surface area contributed by atoms with Crippen molar-refractivity contribution in [1.82, 2.24) is 0 Å². The summed E-state index contributed by atoms with van der Waals surface area (Å²) in [6.07, 6.45) is -4.28. The van der Waals surface area contributed by atoms with E-state index in [1.165, 1.54) is 6.07 Å². The van der Waals surface area contributed by atoms with Crippen LogP contribution in [0.25, 0.3) is 0 Å². The van der Waals surface area contributed by atoms with Gasteiger partial charge in [0.15, 0.2) is 0 Å². The number of hydrogen-bond donors (Lipinski definition) is 1. The van der Waals surface area contributed by atoms with Crippen LogP contribution < -0.4 is 0 Å². The van der Waals surface area contributed by atoms with E-state index in [-0.39, 0.29) is 17.7 Å². The maximum atomic E-state index is 12.6. The molecule has 0 spiro atoms. The van der Waals surface area contributed by atoms with Crippen molar-refractivity contribution >= 4 is 11.4 Å². The number of nitro benzene ring substituents is 1. The van der Waals surface area contributed by atoms with Crippen molar-refractivity contribution in [3.63, 3.8) is 0 Å².